The summed E-state index contributed by atoms with van der Waals surface area (Å²) in [6.45, 7) is 8.27. The topological polar surface area (TPSA) is 21.7 Å². The summed E-state index contributed by atoms with van der Waals surface area (Å²) in [5, 5.41) is 0. The molecule has 0 radical (unpaired) electrons. The van der Waals surface area contributed by atoms with Crippen LogP contribution in [-0.2, 0) is 15.9 Å². The van der Waals surface area contributed by atoms with Crippen molar-refractivity contribution in [3.8, 4) is 0 Å². The van der Waals surface area contributed by atoms with Crippen LogP contribution in [0.25, 0.3) is 0 Å². The van der Waals surface area contributed by atoms with Gasteiger partial charge in [0.15, 0.2) is 0 Å². The molecule has 2 heterocycles. The van der Waals surface area contributed by atoms with Crippen LogP contribution in [0, 0.1) is 5.92 Å². The molecule has 2 fully saturated rings. The van der Waals surface area contributed by atoms with Crippen molar-refractivity contribution in [3.05, 3.63) is 35.9 Å². The highest BCUT2D eigenvalue weighted by molar-refractivity contribution is 5.15. The summed E-state index contributed by atoms with van der Waals surface area (Å²) < 4.78 is 11.8. The Bertz CT molecular complexity index is 454. The molecule has 1 aromatic carbocycles. The van der Waals surface area contributed by atoms with Crippen LogP contribution in [0.2, 0.25) is 0 Å². The summed E-state index contributed by atoms with van der Waals surface area (Å²) in [6, 6.07) is 10.8. The predicted molar refractivity (Wildman–Crippen MR) is 93.7 cm³/mol. The van der Waals surface area contributed by atoms with Crippen molar-refractivity contribution in [1.82, 2.24) is 4.90 Å². The van der Waals surface area contributed by atoms with E-state index >= 15 is 0 Å². The van der Waals surface area contributed by atoms with E-state index in [2.05, 4.69) is 42.2 Å². The Morgan fingerprint density at radius 2 is 2.00 bits per heavy atom. The van der Waals surface area contributed by atoms with E-state index in [1.54, 1.807) is 0 Å². The molecule has 3 rings (SSSR count). The molecule has 0 saturated carbocycles. The van der Waals surface area contributed by atoms with Crippen LogP contribution in [0.1, 0.15) is 38.2 Å². The molecule has 0 aliphatic carbocycles. The molecule has 2 saturated heterocycles. The lowest BCUT2D eigenvalue weighted by Crippen LogP contribution is -2.48. The summed E-state index contributed by atoms with van der Waals surface area (Å²) in [6.07, 6.45) is 5.93. The first-order valence-electron chi connectivity index (χ1n) is 9.30. The smallest absolute Gasteiger partial charge is 0.0736 e. The van der Waals surface area contributed by atoms with E-state index in [-0.39, 0.29) is 5.60 Å². The van der Waals surface area contributed by atoms with Gasteiger partial charge in [-0.05, 0) is 50.5 Å². The van der Waals surface area contributed by atoms with E-state index in [1.807, 2.05) is 0 Å². The van der Waals surface area contributed by atoms with Gasteiger partial charge < -0.3 is 14.4 Å². The first-order valence-corrected chi connectivity index (χ1v) is 9.30. The maximum atomic E-state index is 6.25. The van der Waals surface area contributed by atoms with E-state index in [4.69, 9.17) is 9.47 Å². The first kappa shape index (κ1) is 16.9. The number of benzene rings is 1. The second-order valence-electron chi connectivity index (χ2n) is 6.96. The third kappa shape index (κ3) is 4.34. The van der Waals surface area contributed by atoms with Gasteiger partial charge in [0.05, 0.1) is 5.60 Å². The fourth-order valence-electron chi connectivity index (χ4n) is 4.20. The summed E-state index contributed by atoms with van der Waals surface area (Å²) in [4.78, 5) is 2.61. The molecule has 0 bridgehead atoms. The Morgan fingerprint density at radius 3 is 2.74 bits per heavy atom. The predicted octanol–water partition coefficient (Wildman–Crippen LogP) is 3.53. The Labute approximate surface area is 141 Å². The standard InChI is InChI=1S/C20H31NO2/c1-2-22-16-9-19-10-17-23-20(19)11-14-21(15-12-20)13-8-18-6-4-3-5-7-18/h3-7,19H,2,8-17H2,1H3. The summed E-state index contributed by atoms with van der Waals surface area (Å²) in [5.74, 6) is 0.699. The monoisotopic (exact) mass is 317 g/mol. The minimum atomic E-state index is 0.153. The van der Waals surface area contributed by atoms with Crippen LogP contribution < -0.4 is 0 Å². The van der Waals surface area contributed by atoms with Gasteiger partial charge in [-0.25, -0.2) is 0 Å². The van der Waals surface area contributed by atoms with Crippen LogP contribution in [0.5, 0.6) is 0 Å². The molecule has 3 heteroatoms. The summed E-state index contributed by atoms with van der Waals surface area (Å²) in [5.41, 5.74) is 1.60. The Kier molecular flexibility index (Phi) is 6.09. The number of hydrogen-bond donors (Lipinski definition) is 0. The number of nitrogens with zero attached hydrogens (tertiary/aromatic N) is 1. The molecule has 1 spiro atoms. The molecular weight excluding hydrogens is 286 g/mol. The van der Waals surface area contributed by atoms with E-state index in [0.29, 0.717) is 5.92 Å². The minimum Gasteiger partial charge on any atom is -0.382 e. The number of hydrogen-bond acceptors (Lipinski definition) is 3. The van der Waals surface area contributed by atoms with E-state index in [9.17, 15) is 0 Å². The van der Waals surface area contributed by atoms with Gasteiger partial charge in [-0.1, -0.05) is 30.3 Å². The van der Waals surface area contributed by atoms with Crippen LogP contribution in [0.15, 0.2) is 30.3 Å². The molecule has 0 aromatic heterocycles. The number of rotatable bonds is 7. The van der Waals surface area contributed by atoms with Gasteiger partial charge in [0.1, 0.15) is 0 Å². The average molecular weight is 317 g/mol. The Morgan fingerprint density at radius 1 is 1.22 bits per heavy atom. The van der Waals surface area contributed by atoms with Crippen LogP contribution >= 0.6 is 0 Å². The van der Waals surface area contributed by atoms with Gasteiger partial charge in [0.2, 0.25) is 0 Å². The van der Waals surface area contributed by atoms with Crippen molar-refractivity contribution < 1.29 is 9.47 Å². The SMILES string of the molecule is CCOCCC1CCOC12CCN(CCc1ccccc1)CC2. The zero-order valence-corrected chi connectivity index (χ0v) is 14.5. The van der Waals surface area contributed by atoms with E-state index in [1.165, 1.54) is 44.5 Å². The quantitative estimate of drug-likeness (QED) is 0.718. The van der Waals surface area contributed by atoms with Crippen LogP contribution in [0.3, 0.4) is 0 Å². The molecule has 0 N–H and O–H groups in total. The molecule has 1 atom stereocenters. The second-order valence-corrected chi connectivity index (χ2v) is 6.96. The molecule has 3 nitrogen and oxygen atoms in total. The molecule has 128 valence electrons. The third-order valence-electron chi connectivity index (χ3n) is 5.68. The Balaban J connectivity index is 1.45. The lowest BCUT2D eigenvalue weighted by Gasteiger charge is -2.42. The van der Waals surface area contributed by atoms with Crippen molar-refractivity contribution in [2.75, 3.05) is 39.5 Å². The largest absolute Gasteiger partial charge is 0.382 e. The van der Waals surface area contributed by atoms with Crippen LogP contribution in [0.4, 0.5) is 0 Å². The van der Waals surface area contributed by atoms with Crippen molar-refractivity contribution in [2.24, 2.45) is 5.92 Å². The second kappa shape index (κ2) is 8.27. The van der Waals surface area contributed by atoms with Crippen molar-refractivity contribution >= 4 is 0 Å². The molecule has 0 amide bonds. The van der Waals surface area contributed by atoms with Gasteiger partial charge in [-0.2, -0.15) is 0 Å². The average Bonchev–Trinajstić information content (AvgIpc) is 2.98. The summed E-state index contributed by atoms with van der Waals surface area (Å²) >= 11 is 0. The molecule has 23 heavy (non-hydrogen) atoms. The van der Waals surface area contributed by atoms with Gasteiger partial charge in [-0.15, -0.1) is 0 Å². The van der Waals surface area contributed by atoms with Crippen LogP contribution in [-0.4, -0.2) is 50.0 Å². The van der Waals surface area contributed by atoms with E-state index in [0.717, 1.165) is 32.7 Å². The van der Waals surface area contributed by atoms with Crippen molar-refractivity contribution in [3.63, 3.8) is 0 Å². The minimum absolute atomic E-state index is 0.153. The van der Waals surface area contributed by atoms with Gasteiger partial charge in [0, 0.05) is 39.5 Å². The highest BCUT2D eigenvalue weighted by Gasteiger charge is 2.45. The zero-order chi connectivity index (χ0) is 16.0. The van der Waals surface area contributed by atoms with Crippen molar-refractivity contribution in [2.45, 2.75) is 44.6 Å². The zero-order valence-electron chi connectivity index (χ0n) is 14.5. The molecule has 2 aliphatic rings. The number of likely N-dealkylation sites (tertiary alicyclic amines) is 1. The third-order valence-corrected chi connectivity index (χ3v) is 5.68. The highest BCUT2D eigenvalue weighted by Crippen LogP contribution is 2.42. The van der Waals surface area contributed by atoms with Gasteiger partial charge in [0.25, 0.3) is 0 Å². The molecule has 1 aromatic rings. The molecule has 1 unspecified atom stereocenters. The fourth-order valence-corrected chi connectivity index (χ4v) is 4.20. The Hall–Kier alpha value is -0.900. The first-order chi connectivity index (χ1) is 11.3. The van der Waals surface area contributed by atoms with Gasteiger partial charge >= 0.3 is 0 Å². The maximum absolute atomic E-state index is 6.25. The summed E-state index contributed by atoms with van der Waals surface area (Å²) in [7, 11) is 0. The number of ether oxygens (including phenoxy) is 2. The normalized spacial score (nSPS) is 24.3. The molecule has 2 aliphatic heterocycles. The number of piperidine rings is 1. The van der Waals surface area contributed by atoms with Crippen molar-refractivity contribution in [1.29, 1.82) is 0 Å². The lowest BCUT2D eigenvalue weighted by atomic mass is 9.78. The maximum Gasteiger partial charge on any atom is 0.0736 e. The highest BCUT2D eigenvalue weighted by atomic mass is 16.5. The molecular formula is C20H31NO2. The van der Waals surface area contributed by atoms with E-state index < -0.39 is 0 Å². The fraction of sp³-hybridized carbons (Fsp3) is 0.700. The van der Waals surface area contributed by atoms with Gasteiger partial charge in [-0.3, -0.25) is 0 Å². The lowest BCUT2D eigenvalue weighted by molar-refractivity contribution is -0.0714.